The summed E-state index contributed by atoms with van der Waals surface area (Å²) in [6.45, 7) is 6.54. The molecule has 1 unspecified atom stereocenters. The zero-order valence-corrected chi connectivity index (χ0v) is 16.2. The number of nitrogens with zero attached hydrogens (tertiary/aromatic N) is 1. The van der Waals surface area contributed by atoms with E-state index in [2.05, 4.69) is 5.32 Å². The van der Waals surface area contributed by atoms with E-state index in [4.69, 9.17) is 4.74 Å². The van der Waals surface area contributed by atoms with E-state index in [-0.39, 0.29) is 22.8 Å². The number of nitrogens with one attached hydrogen (secondary N) is 1. The number of hydrogen-bond acceptors (Lipinski definition) is 4. The molecule has 0 radical (unpaired) electrons. The fraction of sp³-hybridized carbons (Fsp3) is 0.611. The van der Waals surface area contributed by atoms with Crippen molar-refractivity contribution in [3.8, 4) is 5.75 Å². The van der Waals surface area contributed by atoms with E-state index in [1.54, 1.807) is 12.1 Å². The second kappa shape index (κ2) is 8.19. The molecule has 1 saturated heterocycles. The van der Waals surface area contributed by atoms with Crippen molar-refractivity contribution >= 4 is 15.9 Å². The Morgan fingerprint density at radius 1 is 1.36 bits per heavy atom. The first kappa shape index (κ1) is 19.7. The summed E-state index contributed by atoms with van der Waals surface area (Å²) in [5, 5.41) is 2.98. The van der Waals surface area contributed by atoms with Gasteiger partial charge in [-0.3, -0.25) is 4.79 Å². The number of rotatable bonds is 6. The van der Waals surface area contributed by atoms with Crippen LogP contribution in [0.15, 0.2) is 23.1 Å². The van der Waals surface area contributed by atoms with Gasteiger partial charge in [-0.2, -0.15) is 4.31 Å². The molecule has 6 nitrogen and oxygen atoms in total. The van der Waals surface area contributed by atoms with Crippen LogP contribution in [0.2, 0.25) is 0 Å². The largest absolute Gasteiger partial charge is 0.495 e. The second-order valence-electron chi connectivity index (χ2n) is 6.65. The number of benzene rings is 1. The van der Waals surface area contributed by atoms with Crippen molar-refractivity contribution in [2.24, 2.45) is 5.92 Å². The Bertz CT molecular complexity index is 710. The van der Waals surface area contributed by atoms with Gasteiger partial charge in [0.15, 0.2) is 0 Å². The minimum absolute atomic E-state index is 0.0273. The van der Waals surface area contributed by atoms with Gasteiger partial charge in [-0.1, -0.05) is 13.0 Å². The van der Waals surface area contributed by atoms with Crippen LogP contribution in [0.3, 0.4) is 0 Å². The number of amides is 1. The number of carbonyl (C=O) groups is 1. The van der Waals surface area contributed by atoms with Crippen molar-refractivity contribution in [1.82, 2.24) is 9.62 Å². The predicted molar refractivity (Wildman–Crippen MR) is 97.1 cm³/mol. The summed E-state index contributed by atoms with van der Waals surface area (Å²) in [6, 6.07) is 5.28. The highest BCUT2D eigenvalue weighted by Gasteiger charge is 2.33. The fourth-order valence-electron chi connectivity index (χ4n) is 2.95. The van der Waals surface area contributed by atoms with Crippen molar-refractivity contribution in [3.63, 3.8) is 0 Å². The topological polar surface area (TPSA) is 75.7 Å². The van der Waals surface area contributed by atoms with Gasteiger partial charge in [0.25, 0.3) is 0 Å². The van der Waals surface area contributed by atoms with Crippen LogP contribution >= 0.6 is 0 Å². The minimum atomic E-state index is -3.63. The van der Waals surface area contributed by atoms with Crippen LogP contribution < -0.4 is 10.1 Å². The average Bonchev–Trinajstić information content (AvgIpc) is 2.61. The van der Waals surface area contributed by atoms with Gasteiger partial charge in [-0.05, 0) is 50.8 Å². The highest BCUT2D eigenvalue weighted by atomic mass is 32.2. The van der Waals surface area contributed by atoms with Gasteiger partial charge in [-0.15, -0.1) is 0 Å². The van der Waals surface area contributed by atoms with Crippen molar-refractivity contribution in [2.75, 3.05) is 20.2 Å². The zero-order chi connectivity index (χ0) is 18.6. The highest BCUT2D eigenvalue weighted by molar-refractivity contribution is 7.89. The molecular weight excluding hydrogens is 340 g/mol. The maximum absolute atomic E-state index is 13.0. The molecular formula is C18H28N2O4S. The van der Waals surface area contributed by atoms with Gasteiger partial charge < -0.3 is 10.1 Å². The Labute approximate surface area is 150 Å². The Balaban J connectivity index is 2.09. The van der Waals surface area contributed by atoms with Gasteiger partial charge in [0.2, 0.25) is 15.9 Å². The summed E-state index contributed by atoms with van der Waals surface area (Å²) < 4.78 is 32.6. The number of piperidine rings is 1. The third kappa shape index (κ3) is 4.52. The molecule has 0 bridgehead atoms. The molecule has 1 aliphatic heterocycles. The first-order chi connectivity index (χ1) is 11.8. The summed E-state index contributed by atoms with van der Waals surface area (Å²) in [7, 11) is -2.16. The molecule has 1 fully saturated rings. The summed E-state index contributed by atoms with van der Waals surface area (Å²) in [5.74, 6) is 0.252. The third-order valence-electron chi connectivity index (χ3n) is 4.76. The van der Waals surface area contributed by atoms with Gasteiger partial charge >= 0.3 is 0 Å². The fourth-order valence-corrected chi connectivity index (χ4v) is 4.66. The second-order valence-corrected chi connectivity index (χ2v) is 8.56. The number of sulfonamides is 1. The first-order valence-electron chi connectivity index (χ1n) is 8.74. The normalized spacial score (nSPS) is 17.9. The van der Waals surface area contributed by atoms with E-state index < -0.39 is 10.0 Å². The Hall–Kier alpha value is -1.60. The smallest absolute Gasteiger partial charge is 0.246 e. The highest BCUT2D eigenvalue weighted by Crippen LogP contribution is 2.30. The molecule has 0 saturated carbocycles. The lowest BCUT2D eigenvalue weighted by atomic mass is 9.97. The summed E-state index contributed by atoms with van der Waals surface area (Å²) in [4.78, 5) is 12.4. The Morgan fingerprint density at radius 2 is 2.00 bits per heavy atom. The lowest BCUT2D eigenvalue weighted by Gasteiger charge is -2.31. The van der Waals surface area contributed by atoms with Crippen LogP contribution in [0.5, 0.6) is 5.75 Å². The number of ether oxygens (including phenoxy) is 1. The van der Waals surface area contributed by atoms with Crippen molar-refractivity contribution < 1.29 is 17.9 Å². The zero-order valence-electron chi connectivity index (χ0n) is 15.4. The lowest BCUT2D eigenvalue weighted by Crippen LogP contribution is -2.44. The molecule has 1 atom stereocenters. The third-order valence-corrected chi connectivity index (χ3v) is 6.68. The molecule has 1 N–H and O–H groups in total. The molecule has 140 valence electrons. The van der Waals surface area contributed by atoms with Gasteiger partial charge in [0, 0.05) is 25.0 Å². The van der Waals surface area contributed by atoms with Crippen molar-refractivity contribution in [2.45, 2.75) is 51.0 Å². The predicted octanol–water partition coefficient (Wildman–Crippen LogP) is 2.32. The minimum Gasteiger partial charge on any atom is -0.495 e. The van der Waals surface area contributed by atoms with Crippen LogP contribution in [-0.2, 0) is 14.8 Å². The Kier molecular flexibility index (Phi) is 6.46. The van der Waals surface area contributed by atoms with E-state index in [1.807, 2.05) is 26.8 Å². The van der Waals surface area contributed by atoms with Crippen LogP contribution in [0.1, 0.15) is 38.7 Å². The van der Waals surface area contributed by atoms with E-state index in [9.17, 15) is 13.2 Å². The van der Waals surface area contributed by atoms with Crippen LogP contribution in [0.25, 0.3) is 0 Å². The van der Waals surface area contributed by atoms with E-state index in [0.717, 1.165) is 12.0 Å². The number of aryl methyl sites for hydroxylation is 1. The van der Waals surface area contributed by atoms with Gasteiger partial charge in [0.05, 0.1) is 7.11 Å². The van der Waals surface area contributed by atoms with Gasteiger partial charge in [-0.25, -0.2) is 8.42 Å². The molecule has 7 heteroatoms. The number of hydrogen-bond donors (Lipinski definition) is 1. The van der Waals surface area contributed by atoms with E-state index in [0.29, 0.717) is 31.7 Å². The van der Waals surface area contributed by atoms with Gasteiger partial charge in [0.1, 0.15) is 10.6 Å². The molecule has 0 aromatic heterocycles. The summed E-state index contributed by atoms with van der Waals surface area (Å²) >= 11 is 0. The van der Waals surface area contributed by atoms with Crippen LogP contribution in [0.4, 0.5) is 0 Å². The maximum atomic E-state index is 13.0. The first-order valence-corrected chi connectivity index (χ1v) is 10.2. The molecule has 2 rings (SSSR count). The number of carbonyl (C=O) groups excluding carboxylic acids is 1. The summed E-state index contributed by atoms with van der Waals surface area (Å²) in [5.41, 5.74) is 0.863. The SMILES string of the molecule is CCC(C)NC(=O)C1CCN(S(=O)(=O)c2cc(C)ccc2OC)CC1. The summed E-state index contributed by atoms with van der Waals surface area (Å²) in [6.07, 6.45) is 1.96. The standard InChI is InChI=1S/C18H28N2O4S/c1-5-14(3)19-18(21)15-8-10-20(11-9-15)25(22,23)17-12-13(2)6-7-16(17)24-4/h6-7,12,14-15H,5,8-11H2,1-4H3,(H,19,21). The molecule has 0 spiro atoms. The molecule has 1 heterocycles. The van der Waals surface area contributed by atoms with E-state index >= 15 is 0 Å². The Morgan fingerprint density at radius 3 is 2.56 bits per heavy atom. The van der Waals surface area contributed by atoms with E-state index in [1.165, 1.54) is 11.4 Å². The van der Waals surface area contributed by atoms with Crippen LogP contribution in [0, 0.1) is 12.8 Å². The maximum Gasteiger partial charge on any atom is 0.246 e. The monoisotopic (exact) mass is 368 g/mol. The molecule has 1 aliphatic rings. The number of methoxy groups -OCH3 is 1. The molecule has 1 amide bonds. The quantitative estimate of drug-likeness (QED) is 0.836. The molecule has 0 aliphatic carbocycles. The van der Waals surface area contributed by atoms with Crippen molar-refractivity contribution in [1.29, 1.82) is 0 Å². The van der Waals surface area contributed by atoms with Crippen molar-refractivity contribution in [3.05, 3.63) is 23.8 Å². The van der Waals surface area contributed by atoms with Crippen LogP contribution in [-0.4, -0.2) is 44.9 Å². The lowest BCUT2D eigenvalue weighted by molar-refractivity contribution is -0.126. The average molecular weight is 368 g/mol. The molecule has 1 aromatic carbocycles. The molecule has 25 heavy (non-hydrogen) atoms. The molecule has 1 aromatic rings.